The van der Waals surface area contributed by atoms with Gasteiger partial charge in [-0.3, -0.25) is 4.79 Å². The summed E-state index contributed by atoms with van der Waals surface area (Å²) in [5.41, 5.74) is 0.578. The molecule has 0 aliphatic rings. The first-order valence-corrected chi connectivity index (χ1v) is 6.38. The number of methoxy groups -OCH3 is 1. The highest BCUT2D eigenvalue weighted by molar-refractivity contribution is 5.88. The zero-order chi connectivity index (χ0) is 14.8. The monoisotopic (exact) mass is 281 g/mol. The van der Waals surface area contributed by atoms with Crippen LogP contribution >= 0.6 is 0 Å². The van der Waals surface area contributed by atoms with Gasteiger partial charge in [-0.25, -0.2) is 9.78 Å². The number of nitrogens with zero attached hydrogens (tertiary/aromatic N) is 1. The molecule has 1 aromatic heterocycles. The Morgan fingerprint density at radius 3 is 2.70 bits per heavy atom. The second-order valence-electron chi connectivity index (χ2n) is 4.17. The highest BCUT2D eigenvalue weighted by Crippen LogP contribution is 2.10. The number of hydrogen-bond acceptors (Lipinski definition) is 4. The van der Waals surface area contributed by atoms with Crippen molar-refractivity contribution in [2.45, 2.75) is 25.7 Å². The maximum absolute atomic E-state index is 11.5. The lowest BCUT2D eigenvalue weighted by molar-refractivity contribution is -0.137. The second kappa shape index (κ2) is 8.73. The van der Waals surface area contributed by atoms with E-state index in [4.69, 9.17) is 9.84 Å². The third kappa shape index (κ3) is 6.58. The highest BCUT2D eigenvalue weighted by Gasteiger charge is 2.02. The predicted molar refractivity (Wildman–Crippen MR) is 73.9 cm³/mol. The summed E-state index contributed by atoms with van der Waals surface area (Å²) in [7, 11) is 1.52. The summed E-state index contributed by atoms with van der Waals surface area (Å²) >= 11 is 0. The van der Waals surface area contributed by atoms with Crippen molar-refractivity contribution in [3.63, 3.8) is 0 Å². The van der Waals surface area contributed by atoms with Crippen LogP contribution in [0.5, 0.6) is 5.88 Å². The van der Waals surface area contributed by atoms with Crippen LogP contribution in [0.4, 0.5) is 10.5 Å². The molecule has 0 unspecified atom stereocenters. The Hall–Kier alpha value is -2.31. The van der Waals surface area contributed by atoms with Crippen molar-refractivity contribution in [3.8, 4) is 5.88 Å². The Balaban J connectivity index is 2.15. The predicted octanol–water partition coefficient (Wildman–Crippen LogP) is 1.86. The molecule has 0 aliphatic carbocycles. The van der Waals surface area contributed by atoms with Crippen LogP contribution in [-0.2, 0) is 4.79 Å². The molecule has 0 aromatic carbocycles. The molecule has 7 heteroatoms. The molecule has 1 rings (SSSR count). The SMILES string of the molecule is COc1ccc(NC(=O)NCCCCCC(=O)O)cn1. The number of hydrogen-bond donors (Lipinski definition) is 3. The number of carbonyl (C=O) groups excluding carboxylic acids is 1. The van der Waals surface area contributed by atoms with Crippen molar-refractivity contribution in [2.24, 2.45) is 0 Å². The van der Waals surface area contributed by atoms with E-state index < -0.39 is 5.97 Å². The lowest BCUT2D eigenvalue weighted by Crippen LogP contribution is -2.29. The molecule has 0 atom stereocenters. The molecule has 110 valence electrons. The van der Waals surface area contributed by atoms with E-state index >= 15 is 0 Å². The second-order valence-corrected chi connectivity index (χ2v) is 4.17. The lowest BCUT2D eigenvalue weighted by atomic mass is 10.2. The average Bonchev–Trinajstić information content (AvgIpc) is 2.43. The van der Waals surface area contributed by atoms with E-state index in [1.54, 1.807) is 12.1 Å². The molecule has 0 saturated heterocycles. The first kappa shape index (κ1) is 15.7. The number of pyridine rings is 1. The number of aromatic nitrogens is 1. The third-order valence-corrected chi connectivity index (χ3v) is 2.56. The maximum Gasteiger partial charge on any atom is 0.319 e. The number of nitrogens with one attached hydrogen (secondary N) is 2. The smallest absolute Gasteiger partial charge is 0.319 e. The molecule has 1 aromatic rings. The Kier molecular flexibility index (Phi) is 6.88. The van der Waals surface area contributed by atoms with Crippen LogP contribution in [0.25, 0.3) is 0 Å². The van der Waals surface area contributed by atoms with Gasteiger partial charge in [0.05, 0.1) is 19.0 Å². The topological polar surface area (TPSA) is 101 Å². The van der Waals surface area contributed by atoms with Crippen LogP contribution in [0.1, 0.15) is 25.7 Å². The molecule has 0 spiro atoms. The van der Waals surface area contributed by atoms with Crippen molar-refractivity contribution in [2.75, 3.05) is 19.0 Å². The number of carbonyl (C=O) groups is 2. The molecular weight excluding hydrogens is 262 g/mol. The fourth-order valence-electron chi connectivity index (χ4n) is 1.53. The minimum Gasteiger partial charge on any atom is -0.481 e. The molecule has 20 heavy (non-hydrogen) atoms. The molecule has 3 N–H and O–H groups in total. The van der Waals surface area contributed by atoms with Gasteiger partial charge in [0.15, 0.2) is 0 Å². The quantitative estimate of drug-likeness (QED) is 0.631. The van der Waals surface area contributed by atoms with Gasteiger partial charge in [0.2, 0.25) is 5.88 Å². The van der Waals surface area contributed by atoms with Gasteiger partial charge in [-0.05, 0) is 18.9 Å². The molecule has 0 radical (unpaired) electrons. The molecule has 1 heterocycles. The highest BCUT2D eigenvalue weighted by atomic mass is 16.5. The number of amides is 2. The van der Waals surface area contributed by atoms with E-state index in [9.17, 15) is 9.59 Å². The van der Waals surface area contributed by atoms with Crippen LogP contribution in [-0.4, -0.2) is 35.7 Å². The van der Waals surface area contributed by atoms with E-state index in [-0.39, 0.29) is 12.5 Å². The van der Waals surface area contributed by atoms with Gasteiger partial charge in [0.25, 0.3) is 0 Å². The van der Waals surface area contributed by atoms with E-state index in [1.165, 1.54) is 13.3 Å². The molecule has 0 saturated carbocycles. The number of urea groups is 1. The van der Waals surface area contributed by atoms with Gasteiger partial charge < -0.3 is 20.5 Å². The van der Waals surface area contributed by atoms with E-state index in [0.29, 0.717) is 24.5 Å². The van der Waals surface area contributed by atoms with Gasteiger partial charge >= 0.3 is 12.0 Å². The van der Waals surface area contributed by atoms with Gasteiger partial charge in [-0.1, -0.05) is 6.42 Å². The summed E-state index contributed by atoms with van der Waals surface area (Å²) in [6.07, 6.45) is 3.83. The number of anilines is 1. The fraction of sp³-hybridized carbons (Fsp3) is 0.462. The molecular formula is C13H19N3O4. The Morgan fingerprint density at radius 1 is 1.30 bits per heavy atom. The Morgan fingerprint density at radius 2 is 2.10 bits per heavy atom. The van der Waals surface area contributed by atoms with Gasteiger partial charge in [-0.2, -0.15) is 0 Å². The number of carboxylic acid groups (broad SMARTS) is 1. The first-order chi connectivity index (χ1) is 9.61. The first-order valence-electron chi connectivity index (χ1n) is 6.38. The van der Waals surface area contributed by atoms with Crippen molar-refractivity contribution in [1.29, 1.82) is 0 Å². The molecule has 7 nitrogen and oxygen atoms in total. The number of aliphatic carboxylic acids is 1. The standard InChI is InChI=1S/C13H19N3O4/c1-20-11-7-6-10(9-15-11)16-13(19)14-8-4-2-3-5-12(17)18/h6-7,9H,2-5,8H2,1H3,(H,17,18)(H2,14,16,19). The number of ether oxygens (including phenoxy) is 1. The van der Waals surface area contributed by atoms with Crippen LogP contribution in [0, 0.1) is 0 Å². The largest absolute Gasteiger partial charge is 0.481 e. The van der Waals surface area contributed by atoms with Crippen LogP contribution in [0.2, 0.25) is 0 Å². The average molecular weight is 281 g/mol. The van der Waals surface area contributed by atoms with Crippen molar-refractivity contribution >= 4 is 17.7 Å². The minimum atomic E-state index is -0.789. The summed E-state index contributed by atoms with van der Waals surface area (Å²) in [6, 6.07) is 3.04. The molecule has 0 aliphatic heterocycles. The Bertz CT molecular complexity index is 434. The van der Waals surface area contributed by atoms with E-state index in [1.807, 2.05) is 0 Å². The number of unbranched alkanes of at least 4 members (excludes halogenated alkanes) is 2. The Labute approximate surface area is 117 Å². The number of carboxylic acids is 1. The summed E-state index contributed by atoms with van der Waals surface area (Å²) in [4.78, 5) is 25.8. The van der Waals surface area contributed by atoms with E-state index in [2.05, 4.69) is 15.6 Å². The normalized spacial score (nSPS) is 9.85. The van der Waals surface area contributed by atoms with Crippen molar-refractivity contribution in [1.82, 2.24) is 10.3 Å². The van der Waals surface area contributed by atoms with Crippen molar-refractivity contribution < 1.29 is 19.4 Å². The fourth-order valence-corrected chi connectivity index (χ4v) is 1.53. The third-order valence-electron chi connectivity index (χ3n) is 2.56. The van der Waals surface area contributed by atoms with Gasteiger partial charge in [0.1, 0.15) is 0 Å². The molecule has 2 amide bonds. The van der Waals surface area contributed by atoms with Crippen LogP contribution in [0.15, 0.2) is 18.3 Å². The summed E-state index contributed by atoms with van der Waals surface area (Å²) in [6.45, 7) is 0.509. The van der Waals surface area contributed by atoms with Crippen molar-refractivity contribution in [3.05, 3.63) is 18.3 Å². The lowest BCUT2D eigenvalue weighted by Gasteiger charge is -2.07. The van der Waals surface area contributed by atoms with Gasteiger partial charge in [0, 0.05) is 19.0 Å². The van der Waals surface area contributed by atoms with Crippen LogP contribution in [0.3, 0.4) is 0 Å². The minimum absolute atomic E-state index is 0.170. The zero-order valence-electron chi connectivity index (χ0n) is 11.4. The van der Waals surface area contributed by atoms with Crippen LogP contribution < -0.4 is 15.4 Å². The molecule has 0 fully saturated rings. The summed E-state index contributed by atoms with van der Waals surface area (Å²) in [5, 5.41) is 13.8. The number of rotatable bonds is 8. The van der Waals surface area contributed by atoms with Gasteiger partial charge in [-0.15, -0.1) is 0 Å². The maximum atomic E-state index is 11.5. The molecule has 0 bridgehead atoms. The summed E-state index contributed by atoms with van der Waals surface area (Å²) < 4.78 is 4.91. The van der Waals surface area contributed by atoms with E-state index in [0.717, 1.165) is 12.8 Å². The zero-order valence-corrected chi connectivity index (χ0v) is 11.4. The summed E-state index contributed by atoms with van der Waals surface area (Å²) in [5.74, 6) is -0.308.